The van der Waals surface area contributed by atoms with E-state index in [0.717, 1.165) is 0 Å². The van der Waals surface area contributed by atoms with Crippen LogP contribution in [0, 0.1) is 10.1 Å². The van der Waals surface area contributed by atoms with Crippen molar-refractivity contribution in [2.24, 2.45) is 0 Å². The van der Waals surface area contributed by atoms with Gasteiger partial charge in [-0.2, -0.15) is 0 Å². The number of rotatable bonds is 3. The van der Waals surface area contributed by atoms with Crippen LogP contribution in [0.2, 0.25) is 5.02 Å². The zero-order valence-electron chi connectivity index (χ0n) is 7.61. The number of nitrogens with zero attached hydrogens (tertiary/aromatic N) is 1. The third kappa shape index (κ3) is 2.43. The molecule has 0 aliphatic rings. The number of aliphatic hydroxyl groups is 1. The maximum absolute atomic E-state index is 10.6. The van der Waals surface area contributed by atoms with Gasteiger partial charge in [0.25, 0.3) is 5.69 Å². The molecule has 0 spiro atoms. The van der Waals surface area contributed by atoms with Crippen molar-refractivity contribution in [3.63, 3.8) is 0 Å². The number of nitro benzene ring substituents is 1. The molecule has 5 heteroatoms. The summed E-state index contributed by atoms with van der Waals surface area (Å²) in [5, 5.41) is 20.1. The van der Waals surface area contributed by atoms with Gasteiger partial charge in [0.1, 0.15) is 0 Å². The van der Waals surface area contributed by atoms with Crippen LogP contribution in [0.3, 0.4) is 0 Å². The van der Waals surface area contributed by atoms with E-state index in [2.05, 4.69) is 0 Å². The van der Waals surface area contributed by atoms with Crippen LogP contribution in [-0.2, 0) is 6.42 Å². The molecule has 0 aromatic heterocycles. The first-order valence-corrected chi connectivity index (χ1v) is 4.50. The molecule has 0 bridgehead atoms. The molecule has 1 unspecified atom stereocenters. The Hall–Kier alpha value is -1.13. The molecule has 1 rings (SSSR count). The summed E-state index contributed by atoms with van der Waals surface area (Å²) in [6.07, 6.45) is -0.454. The van der Waals surface area contributed by atoms with E-state index in [9.17, 15) is 10.1 Å². The van der Waals surface area contributed by atoms with Crippen molar-refractivity contribution >= 4 is 17.3 Å². The van der Waals surface area contributed by atoms with Gasteiger partial charge in [-0.15, -0.1) is 0 Å². The van der Waals surface area contributed by atoms with Crippen LogP contribution in [0.25, 0.3) is 0 Å². The van der Waals surface area contributed by atoms with Gasteiger partial charge in [0.05, 0.1) is 21.6 Å². The van der Waals surface area contributed by atoms with E-state index in [1.54, 1.807) is 13.0 Å². The zero-order chi connectivity index (χ0) is 10.7. The molecule has 0 saturated carbocycles. The van der Waals surface area contributed by atoms with Gasteiger partial charge < -0.3 is 5.11 Å². The van der Waals surface area contributed by atoms with E-state index in [0.29, 0.717) is 10.6 Å². The van der Waals surface area contributed by atoms with Gasteiger partial charge in [-0.05, 0) is 13.0 Å². The molecule has 4 nitrogen and oxygen atoms in total. The predicted octanol–water partition coefficient (Wildman–Crippen LogP) is 2.17. The van der Waals surface area contributed by atoms with Crippen molar-refractivity contribution < 1.29 is 10.0 Å². The Kier molecular flexibility index (Phi) is 3.43. The molecular formula is C9H10ClNO3. The maximum Gasteiger partial charge on any atom is 0.274 e. The third-order valence-electron chi connectivity index (χ3n) is 1.79. The largest absolute Gasteiger partial charge is 0.393 e. The molecule has 0 amide bonds. The Balaban J connectivity index is 3.15. The molecule has 14 heavy (non-hydrogen) atoms. The standard InChI is InChI=1S/C9H10ClNO3/c1-6(12)5-7-8(10)3-2-4-9(7)11(13)14/h2-4,6,12H,5H2,1H3. The monoisotopic (exact) mass is 215 g/mol. The lowest BCUT2D eigenvalue weighted by molar-refractivity contribution is -0.385. The molecule has 0 aliphatic carbocycles. The van der Waals surface area contributed by atoms with E-state index >= 15 is 0 Å². The van der Waals surface area contributed by atoms with Crippen molar-refractivity contribution in [2.75, 3.05) is 0 Å². The van der Waals surface area contributed by atoms with E-state index < -0.39 is 11.0 Å². The van der Waals surface area contributed by atoms with Crippen LogP contribution in [0.4, 0.5) is 5.69 Å². The SMILES string of the molecule is CC(O)Cc1c(Cl)cccc1[N+](=O)[O-]. The van der Waals surface area contributed by atoms with Crippen molar-refractivity contribution in [1.29, 1.82) is 0 Å². The normalized spacial score (nSPS) is 12.5. The summed E-state index contributed by atoms with van der Waals surface area (Å²) >= 11 is 5.80. The maximum atomic E-state index is 10.6. The van der Waals surface area contributed by atoms with Crippen molar-refractivity contribution in [2.45, 2.75) is 19.4 Å². The summed E-state index contributed by atoms with van der Waals surface area (Å²) < 4.78 is 0. The summed E-state index contributed by atoms with van der Waals surface area (Å²) in [7, 11) is 0. The Bertz CT molecular complexity index is 352. The van der Waals surface area contributed by atoms with E-state index in [1.807, 2.05) is 0 Å². The Morgan fingerprint density at radius 2 is 2.29 bits per heavy atom. The minimum atomic E-state index is -0.645. The van der Waals surface area contributed by atoms with Gasteiger partial charge in [0.2, 0.25) is 0 Å². The summed E-state index contributed by atoms with van der Waals surface area (Å²) in [5.41, 5.74) is 0.340. The molecule has 0 aliphatic heterocycles. The summed E-state index contributed by atoms with van der Waals surface area (Å²) in [4.78, 5) is 10.1. The molecule has 0 saturated heterocycles. The topological polar surface area (TPSA) is 63.4 Å². The highest BCUT2D eigenvalue weighted by Gasteiger charge is 2.17. The number of aliphatic hydroxyl groups excluding tert-OH is 1. The summed E-state index contributed by atoms with van der Waals surface area (Å²) in [6, 6.07) is 4.47. The highest BCUT2D eigenvalue weighted by Crippen LogP contribution is 2.27. The molecule has 76 valence electrons. The van der Waals surface area contributed by atoms with Gasteiger partial charge in [0, 0.05) is 12.5 Å². The predicted molar refractivity (Wildman–Crippen MR) is 53.5 cm³/mol. The van der Waals surface area contributed by atoms with Gasteiger partial charge in [-0.3, -0.25) is 10.1 Å². The Morgan fingerprint density at radius 1 is 1.64 bits per heavy atom. The van der Waals surface area contributed by atoms with Crippen LogP contribution >= 0.6 is 11.6 Å². The lowest BCUT2D eigenvalue weighted by Crippen LogP contribution is -2.07. The Morgan fingerprint density at radius 3 is 2.79 bits per heavy atom. The second kappa shape index (κ2) is 4.39. The molecule has 0 heterocycles. The first-order chi connectivity index (χ1) is 6.52. The minimum Gasteiger partial charge on any atom is -0.393 e. The lowest BCUT2D eigenvalue weighted by atomic mass is 10.1. The zero-order valence-corrected chi connectivity index (χ0v) is 8.36. The molecule has 0 fully saturated rings. The van der Waals surface area contributed by atoms with Crippen LogP contribution in [0.1, 0.15) is 12.5 Å². The molecular weight excluding hydrogens is 206 g/mol. The average molecular weight is 216 g/mol. The number of hydrogen-bond donors (Lipinski definition) is 1. The molecule has 1 aromatic rings. The van der Waals surface area contributed by atoms with E-state index in [4.69, 9.17) is 16.7 Å². The van der Waals surface area contributed by atoms with Crippen LogP contribution in [0.5, 0.6) is 0 Å². The fourth-order valence-corrected chi connectivity index (χ4v) is 1.46. The molecule has 1 N–H and O–H groups in total. The average Bonchev–Trinajstić information content (AvgIpc) is 2.07. The van der Waals surface area contributed by atoms with Crippen molar-refractivity contribution in [3.8, 4) is 0 Å². The molecule has 1 atom stereocenters. The molecule has 1 aromatic carbocycles. The van der Waals surface area contributed by atoms with Gasteiger partial charge in [-0.25, -0.2) is 0 Å². The second-order valence-electron chi connectivity index (χ2n) is 3.05. The van der Waals surface area contributed by atoms with Crippen molar-refractivity contribution in [1.82, 2.24) is 0 Å². The van der Waals surface area contributed by atoms with E-state index in [-0.39, 0.29) is 12.1 Å². The van der Waals surface area contributed by atoms with Crippen LogP contribution in [-0.4, -0.2) is 16.1 Å². The van der Waals surface area contributed by atoms with Crippen LogP contribution in [0.15, 0.2) is 18.2 Å². The van der Waals surface area contributed by atoms with Crippen LogP contribution < -0.4 is 0 Å². The Labute approximate surface area is 86.3 Å². The van der Waals surface area contributed by atoms with Gasteiger partial charge in [0.15, 0.2) is 0 Å². The van der Waals surface area contributed by atoms with Crippen molar-refractivity contribution in [3.05, 3.63) is 38.9 Å². The smallest absolute Gasteiger partial charge is 0.274 e. The summed E-state index contributed by atoms with van der Waals surface area (Å²) in [6.45, 7) is 1.56. The first kappa shape index (κ1) is 10.9. The third-order valence-corrected chi connectivity index (χ3v) is 2.14. The second-order valence-corrected chi connectivity index (χ2v) is 3.45. The quantitative estimate of drug-likeness (QED) is 0.621. The molecule has 0 radical (unpaired) electrons. The lowest BCUT2D eigenvalue weighted by Gasteiger charge is -2.06. The fourth-order valence-electron chi connectivity index (χ4n) is 1.22. The number of hydrogen-bond acceptors (Lipinski definition) is 3. The fraction of sp³-hybridized carbons (Fsp3) is 0.333. The first-order valence-electron chi connectivity index (χ1n) is 4.12. The minimum absolute atomic E-state index is 0.0431. The van der Waals surface area contributed by atoms with Gasteiger partial charge in [-0.1, -0.05) is 17.7 Å². The number of benzene rings is 1. The number of nitro groups is 1. The summed E-state index contributed by atoms with van der Waals surface area (Å²) in [5.74, 6) is 0. The number of halogens is 1. The van der Waals surface area contributed by atoms with E-state index in [1.165, 1.54) is 12.1 Å². The highest BCUT2D eigenvalue weighted by atomic mass is 35.5. The highest BCUT2D eigenvalue weighted by molar-refractivity contribution is 6.31. The van der Waals surface area contributed by atoms with Gasteiger partial charge >= 0.3 is 0 Å².